The van der Waals surface area contributed by atoms with Gasteiger partial charge in [-0.05, 0) is 29.8 Å². The van der Waals surface area contributed by atoms with Crippen LogP contribution in [0.1, 0.15) is 23.1 Å². The zero-order valence-corrected chi connectivity index (χ0v) is 12.0. The zero-order chi connectivity index (χ0) is 16.2. The molecular weight excluding hydrogens is 292 g/mol. The highest BCUT2D eigenvalue weighted by Crippen LogP contribution is 2.22. The third-order valence-corrected chi connectivity index (χ3v) is 3.36. The summed E-state index contributed by atoms with van der Waals surface area (Å²) >= 11 is 0. The van der Waals surface area contributed by atoms with Gasteiger partial charge in [0.05, 0.1) is 31.4 Å². The van der Waals surface area contributed by atoms with E-state index in [-0.39, 0.29) is 11.3 Å². The number of ether oxygens (including phenoxy) is 1. The van der Waals surface area contributed by atoms with Crippen LogP contribution in [-0.4, -0.2) is 6.61 Å². The average molecular weight is 302 g/mol. The second kappa shape index (κ2) is 6.20. The Morgan fingerprint density at radius 1 is 1.43 bits per heavy atom. The molecule has 0 aliphatic carbocycles. The number of allylic oxidation sites excluding steroid dienone is 1. The molecule has 110 valence electrons. The molecule has 2 heterocycles. The lowest BCUT2D eigenvalue weighted by Gasteiger charge is -2.09. The maximum Gasteiger partial charge on any atom is 0.342 e. The summed E-state index contributed by atoms with van der Waals surface area (Å²) in [6.07, 6.45) is 1.89. The molecule has 5 heteroatoms. The second-order valence-corrected chi connectivity index (χ2v) is 4.89. The van der Waals surface area contributed by atoms with E-state index in [2.05, 4.69) is 16.7 Å². The molecule has 0 bridgehead atoms. The van der Waals surface area contributed by atoms with Crippen LogP contribution in [0.4, 0.5) is 0 Å². The van der Waals surface area contributed by atoms with Gasteiger partial charge in [0.2, 0.25) is 0 Å². The Bertz CT molecular complexity index is 1000. The molecule has 23 heavy (non-hydrogen) atoms. The molecule has 0 fully saturated rings. The van der Waals surface area contributed by atoms with Crippen LogP contribution < -0.4 is 5.63 Å². The molecule has 5 nitrogen and oxygen atoms in total. The van der Waals surface area contributed by atoms with Crippen LogP contribution in [0.2, 0.25) is 0 Å². The normalized spacial score (nSPS) is 13.7. The van der Waals surface area contributed by atoms with Crippen LogP contribution in [-0.2, 0) is 11.3 Å². The number of nitrogens with zero attached hydrogens (tertiary/aromatic N) is 2. The van der Waals surface area contributed by atoms with Gasteiger partial charge >= 0.3 is 5.63 Å². The molecule has 1 aliphatic rings. The van der Waals surface area contributed by atoms with E-state index >= 15 is 0 Å². The van der Waals surface area contributed by atoms with Crippen molar-refractivity contribution in [2.45, 2.75) is 13.0 Å². The van der Waals surface area contributed by atoms with Gasteiger partial charge in [0.25, 0.3) is 5.70 Å². The van der Waals surface area contributed by atoms with Crippen molar-refractivity contribution < 1.29 is 9.15 Å². The summed E-state index contributed by atoms with van der Waals surface area (Å²) in [7, 11) is 0. The van der Waals surface area contributed by atoms with E-state index in [1.807, 2.05) is 6.07 Å². The lowest BCUT2D eigenvalue weighted by Crippen LogP contribution is -2.05. The van der Waals surface area contributed by atoms with Crippen molar-refractivity contribution in [2.24, 2.45) is 0 Å². The number of nitriles is 1. The van der Waals surface area contributed by atoms with Crippen molar-refractivity contribution in [1.82, 2.24) is 0 Å². The van der Waals surface area contributed by atoms with Gasteiger partial charge in [-0.1, -0.05) is 11.8 Å². The molecule has 2 aromatic rings. The minimum Gasteiger partial charge on any atom is -0.422 e. The van der Waals surface area contributed by atoms with Crippen LogP contribution >= 0.6 is 0 Å². The van der Waals surface area contributed by atoms with E-state index in [4.69, 9.17) is 21.0 Å². The molecule has 0 amide bonds. The van der Waals surface area contributed by atoms with Gasteiger partial charge in [0.15, 0.2) is 0 Å². The fourth-order valence-electron chi connectivity index (χ4n) is 2.27. The predicted molar refractivity (Wildman–Crippen MR) is 83.8 cm³/mol. The molecule has 0 radical (unpaired) electrons. The first-order valence-corrected chi connectivity index (χ1v) is 6.88. The van der Waals surface area contributed by atoms with Crippen molar-refractivity contribution >= 4 is 17.0 Å². The second-order valence-electron chi connectivity index (χ2n) is 4.89. The van der Waals surface area contributed by atoms with Crippen LogP contribution in [0, 0.1) is 29.7 Å². The minimum absolute atomic E-state index is 0.169. The number of rotatable bonds is 1. The molecule has 0 spiro atoms. The van der Waals surface area contributed by atoms with Gasteiger partial charge in [-0.2, -0.15) is 0 Å². The topological polar surface area (TPSA) is 67.6 Å². The fourth-order valence-corrected chi connectivity index (χ4v) is 2.27. The van der Waals surface area contributed by atoms with E-state index in [0.717, 1.165) is 11.1 Å². The summed E-state index contributed by atoms with van der Waals surface area (Å²) in [5, 5.41) is 9.51. The molecule has 0 unspecified atom stereocenters. The summed E-state index contributed by atoms with van der Waals surface area (Å²) in [5.74, 6) is 6.06. The highest BCUT2D eigenvalue weighted by molar-refractivity contribution is 5.82. The van der Waals surface area contributed by atoms with Crippen LogP contribution in [0.5, 0.6) is 0 Å². The van der Waals surface area contributed by atoms with E-state index in [1.165, 1.54) is 6.08 Å². The van der Waals surface area contributed by atoms with Crippen molar-refractivity contribution in [3.05, 3.63) is 62.4 Å². The number of hydrogen-bond donors (Lipinski definition) is 0. The van der Waals surface area contributed by atoms with Crippen molar-refractivity contribution in [1.29, 1.82) is 5.26 Å². The molecule has 0 saturated heterocycles. The maximum atomic E-state index is 12.0. The van der Waals surface area contributed by atoms with Crippen LogP contribution in [0.15, 0.2) is 33.1 Å². The highest BCUT2D eigenvalue weighted by atomic mass is 16.5. The predicted octanol–water partition coefficient (Wildman–Crippen LogP) is 2.85. The van der Waals surface area contributed by atoms with Gasteiger partial charge in [0, 0.05) is 17.4 Å². The summed E-state index contributed by atoms with van der Waals surface area (Å²) in [6.45, 7) is 7.90. The molecule has 1 aromatic carbocycles. The largest absolute Gasteiger partial charge is 0.422 e. The third-order valence-electron chi connectivity index (χ3n) is 3.36. The van der Waals surface area contributed by atoms with Gasteiger partial charge < -0.3 is 9.15 Å². The van der Waals surface area contributed by atoms with Crippen molar-refractivity contribution in [2.75, 3.05) is 6.61 Å². The molecule has 3 rings (SSSR count). The van der Waals surface area contributed by atoms with Crippen LogP contribution in [0.3, 0.4) is 0 Å². The first-order chi connectivity index (χ1) is 11.2. The maximum absolute atomic E-state index is 12.0. The Kier molecular flexibility index (Phi) is 3.93. The van der Waals surface area contributed by atoms with Gasteiger partial charge in [0.1, 0.15) is 5.58 Å². The lowest BCUT2D eigenvalue weighted by atomic mass is 10.0. The first-order valence-electron chi connectivity index (χ1n) is 6.88. The standard InChI is InChI=1S/C18H10N2O3/c1-20-16(10-19)8-14-6-13-7-15-11-22-5-3-2-4-12(15)9-17(13)23-18(14)21/h6-9H,3,5,11H2/b16-8+. The molecule has 1 aliphatic heterocycles. The lowest BCUT2D eigenvalue weighted by molar-refractivity contribution is 0.126. The quantitative estimate of drug-likeness (QED) is 0.351. The first kappa shape index (κ1) is 14.6. The number of hydrogen-bond acceptors (Lipinski definition) is 4. The monoisotopic (exact) mass is 302 g/mol. The van der Waals surface area contributed by atoms with Crippen molar-refractivity contribution in [3.8, 4) is 17.9 Å². The summed E-state index contributed by atoms with van der Waals surface area (Å²) < 4.78 is 10.8. The molecule has 0 saturated carbocycles. The van der Waals surface area contributed by atoms with Gasteiger partial charge in [-0.3, -0.25) is 0 Å². The minimum atomic E-state index is -0.594. The summed E-state index contributed by atoms with van der Waals surface area (Å²) in [5.41, 5.74) is 1.52. The van der Waals surface area contributed by atoms with E-state index in [0.29, 0.717) is 30.6 Å². The molecule has 0 N–H and O–H groups in total. The van der Waals surface area contributed by atoms with Crippen LogP contribution in [0.25, 0.3) is 21.9 Å². The smallest absolute Gasteiger partial charge is 0.342 e. The number of fused-ring (bicyclic) bond motifs is 2. The summed E-state index contributed by atoms with van der Waals surface area (Å²) in [6, 6.07) is 6.92. The molecule has 1 aromatic heterocycles. The third kappa shape index (κ3) is 2.99. The Balaban J connectivity index is 2.20. The van der Waals surface area contributed by atoms with Crippen molar-refractivity contribution in [3.63, 3.8) is 0 Å². The SMILES string of the molecule is [C-]#[N+]/C(C#N)=C/c1cc2cc3c(cc2oc1=O)C#CCCOC3. The van der Waals surface area contributed by atoms with Gasteiger partial charge in [-0.15, -0.1) is 0 Å². The Labute approximate surface area is 132 Å². The van der Waals surface area contributed by atoms with Gasteiger partial charge in [-0.25, -0.2) is 14.9 Å². The van der Waals surface area contributed by atoms with E-state index in [9.17, 15) is 4.79 Å². The summed E-state index contributed by atoms with van der Waals surface area (Å²) in [4.78, 5) is 15.1. The fraction of sp³-hybridized carbons (Fsp3) is 0.167. The Morgan fingerprint density at radius 3 is 3.09 bits per heavy atom. The Morgan fingerprint density at radius 2 is 2.30 bits per heavy atom. The molecular formula is C18H10N2O3. The number of benzene rings is 1. The van der Waals surface area contributed by atoms with E-state index < -0.39 is 5.63 Å². The average Bonchev–Trinajstić information content (AvgIpc) is 2.53. The molecule has 0 atom stereocenters. The zero-order valence-electron chi connectivity index (χ0n) is 12.0. The Hall–Kier alpha value is -3.33. The highest BCUT2D eigenvalue weighted by Gasteiger charge is 2.10. The van der Waals surface area contributed by atoms with E-state index in [1.54, 1.807) is 18.2 Å².